The van der Waals surface area contributed by atoms with Crippen LogP contribution in [0, 0.1) is 6.92 Å². The zero-order chi connectivity index (χ0) is 15.4. The number of aryl methyl sites for hydroxylation is 2. The quantitative estimate of drug-likeness (QED) is 0.813. The number of carbonyl (C=O) groups is 3. The molecule has 0 heterocycles. The van der Waals surface area contributed by atoms with Crippen LogP contribution < -0.4 is 4.90 Å². The average Bonchev–Trinajstić information content (AvgIpc) is 2.39. The molecule has 6 nitrogen and oxygen atoms in total. The van der Waals surface area contributed by atoms with Crippen molar-refractivity contribution in [2.45, 2.75) is 33.2 Å². The lowest BCUT2D eigenvalue weighted by molar-refractivity contribution is -0.150. The van der Waals surface area contributed by atoms with Crippen LogP contribution in [0.1, 0.15) is 25.0 Å². The Balaban J connectivity index is 3.49. The monoisotopic (exact) mass is 279 g/mol. The van der Waals surface area contributed by atoms with Crippen molar-refractivity contribution in [1.29, 1.82) is 0 Å². The van der Waals surface area contributed by atoms with Gasteiger partial charge in [-0.05, 0) is 31.4 Å². The number of rotatable bonds is 4. The van der Waals surface area contributed by atoms with Gasteiger partial charge in [0.05, 0.1) is 5.69 Å². The summed E-state index contributed by atoms with van der Waals surface area (Å²) in [6.07, 6.45) is 0.562. The van der Waals surface area contributed by atoms with E-state index in [0.717, 1.165) is 10.5 Å². The summed E-state index contributed by atoms with van der Waals surface area (Å²) >= 11 is 0. The first-order valence-corrected chi connectivity index (χ1v) is 6.19. The summed E-state index contributed by atoms with van der Waals surface area (Å²) in [6.45, 7) is 4.85. The van der Waals surface area contributed by atoms with Gasteiger partial charge in [0.25, 0.3) is 0 Å². The van der Waals surface area contributed by atoms with Gasteiger partial charge >= 0.3 is 17.8 Å². The molecule has 0 aliphatic carbocycles. The normalized spacial score (nSPS) is 11.8. The molecule has 0 spiro atoms. The van der Waals surface area contributed by atoms with E-state index in [-0.39, 0.29) is 0 Å². The molecule has 1 aromatic carbocycles. The number of hydrogen-bond donors (Lipinski definition) is 2. The highest BCUT2D eigenvalue weighted by Crippen LogP contribution is 2.28. The number of anilines is 1. The van der Waals surface area contributed by atoms with E-state index >= 15 is 0 Å². The highest BCUT2D eigenvalue weighted by Gasteiger charge is 2.33. The maximum atomic E-state index is 11.9. The third kappa shape index (κ3) is 2.96. The number of carboxylic acid groups (broad SMARTS) is 2. The molecule has 1 rings (SSSR count). The Morgan fingerprint density at radius 2 is 1.85 bits per heavy atom. The molecule has 0 saturated carbocycles. The topological polar surface area (TPSA) is 94.9 Å². The van der Waals surface area contributed by atoms with Crippen LogP contribution in [0.25, 0.3) is 0 Å². The maximum absolute atomic E-state index is 11.9. The van der Waals surface area contributed by atoms with E-state index in [1.165, 1.54) is 6.92 Å². The van der Waals surface area contributed by atoms with Crippen LogP contribution in [0.2, 0.25) is 0 Å². The van der Waals surface area contributed by atoms with Gasteiger partial charge in [0.2, 0.25) is 0 Å². The number of aliphatic carboxylic acids is 2. The van der Waals surface area contributed by atoms with Gasteiger partial charge in [0, 0.05) is 0 Å². The first-order chi connectivity index (χ1) is 9.31. The summed E-state index contributed by atoms with van der Waals surface area (Å²) in [4.78, 5) is 34.8. The molecule has 0 fully saturated rings. The largest absolute Gasteiger partial charge is 0.480 e. The van der Waals surface area contributed by atoms with E-state index in [1.54, 1.807) is 25.1 Å². The van der Waals surface area contributed by atoms with Crippen LogP contribution in [0.3, 0.4) is 0 Å². The Bertz CT molecular complexity index is 552. The lowest BCUT2D eigenvalue weighted by Gasteiger charge is -2.28. The van der Waals surface area contributed by atoms with Gasteiger partial charge in [-0.2, -0.15) is 0 Å². The molecule has 0 radical (unpaired) electrons. The van der Waals surface area contributed by atoms with Crippen LogP contribution in [-0.2, 0) is 20.8 Å². The second-order valence-corrected chi connectivity index (χ2v) is 4.43. The van der Waals surface area contributed by atoms with Crippen LogP contribution in [-0.4, -0.2) is 34.1 Å². The Morgan fingerprint density at radius 1 is 1.25 bits per heavy atom. The molecular formula is C14H17NO5. The van der Waals surface area contributed by atoms with E-state index in [9.17, 15) is 14.4 Å². The minimum atomic E-state index is -1.68. The Morgan fingerprint density at radius 3 is 2.30 bits per heavy atom. The van der Waals surface area contributed by atoms with Gasteiger partial charge in [0.15, 0.2) is 0 Å². The lowest BCUT2D eigenvalue weighted by atomic mass is 10.0. The van der Waals surface area contributed by atoms with Crippen molar-refractivity contribution in [2.75, 3.05) is 4.90 Å². The number of amides is 1. The molecule has 0 aliphatic rings. The summed E-state index contributed by atoms with van der Waals surface area (Å²) in [6, 6.07) is 3.99. The molecule has 6 heteroatoms. The van der Waals surface area contributed by atoms with Gasteiger partial charge in [-0.1, -0.05) is 25.1 Å². The van der Waals surface area contributed by atoms with Crippen LogP contribution in [0.5, 0.6) is 0 Å². The van der Waals surface area contributed by atoms with Gasteiger partial charge in [0.1, 0.15) is 6.04 Å². The molecule has 108 valence electrons. The first-order valence-electron chi connectivity index (χ1n) is 6.19. The van der Waals surface area contributed by atoms with Crippen molar-refractivity contribution < 1.29 is 24.6 Å². The molecule has 1 atom stereocenters. The van der Waals surface area contributed by atoms with E-state index in [0.29, 0.717) is 17.7 Å². The van der Waals surface area contributed by atoms with E-state index in [1.807, 2.05) is 6.92 Å². The molecule has 1 aromatic rings. The first kappa shape index (κ1) is 15.7. The second-order valence-electron chi connectivity index (χ2n) is 4.43. The fourth-order valence-corrected chi connectivity index (χ4v) is 2.03. The SMILES string of the molecule is CCc1cccc(C)c1N(C(=O)C(=O)O)[C@@H](C)C(=O)O. The maximum Gasteiger partial charge on any atom is 0.394 e. The third-order valence-electron chi connectivity index (χ3n) is 3.09. The van der Waals surface area contributed by atoms with Gasteiger partial charge < -0.3 is 10.2 Å². The molecular weight excluding hydrogens is 262 g/mol. The van der Waals surface area contributed by atoms with Crippen molar-refractivity contribution in [3.63, 3.8) is 0 Å². The predicted molar refractivity (Wildman–Crippen MR) is 72.8 cm³/mol. The van der Waals surface area contributed by atoms with Crippen molar-refractivity contribution in [2.24, 2.45) is 0 Å². The van der Waals surface area contributed by atoms with Crippen molar-refractivity contribution in [3.8, 4) is 0 Å². The highest BCUT2D eigenvalue weighted by molar-refractivity contribution is 6.38. The summed E-state index contributed by atoms with van der Waals surface area (Å²) in [5.41, 5.74) is 1.75. The smallest absolute Gasteiger partial charge is 0.394 e. The predicted octanol–water partition coefficient (Wildman–Crippen LogP) is 1.45. The number of carboxylic acids is 2. The van der Waals surface area contributed by atoms with Gasteiger partial charge in [-0.15, -0.1) is 0 Å². The van der Waals surface area contributed by atoms with Gasteiger partial charge in [-0.3, -0.25) is 9.69 Å². The van der Waals surface area contributed by atoms with Crippen LogP contribution >= 0.6 is 0 Å². The number of nitrogens with zero attached hydrogens (tertiary/aromatic N) is 1. The number of hydrogen-bond acceptors (Lipinski definition) is 3. The van der Waals surface area contributed by atoms with Crippen LogP contribution in [0.15, 0.2) is 18.2 Å². The summed E-state index contributed by atoms with van der Waals surface area (Å²) in [5, 5.41) is 18.0. The number of benzene rings is 1. The summed E-state index contributed by atoms with van der Waals surface area (Å²) < 4.78 is 0. The van der Waals surface area contributed by atoms with Gasteiger partial charge in [-0.25, -0.2) is 9.59 Å². The fourth-order valence-electron chi connectivity index (χ4n) is 2.03. The Hall–Kier alpha value is -2.37. The standard InChI is InChI=1S/C14H17NO5/c1-4-10-7-5-6-8(2)11(10)15(9(3)13(17)18)12(16)14(19)20/h5-7,9H,4H2,1-3H3,(H,17,18)(H,19,20)/t9-/m0/s1. The van der Waals surface area contributed by atoms with Crippen molar-refractivity contribution in [1.82, 2.24) is 0 Å². The Kier molecular flexibility index (Phi) is 4.85. The molecule has 0 unspecified atom stereocenters. The molecule has 0 saturated heterocycles. The third-order valence-corrected chi connectivity index (χ3v) is 3.09. The zero-order valence-corrected chi connectivity index (χ0v) is 11.6. The molecule has 2 N–H and O–H groups in total. The molecule has 0 bridgehead atoms. The average molecular weight is 279 g/mol. The van der Waals surface area contributed by atoms with Crippen molar-refractivity contribution >= 4 is 23.5 Å². The second kappa shape index (κ2) is 6.18. The van der Waals surface area contributed by atoms with E-state index in [4.69, 9.17) is 10.2 Å². The molecule has 20 heavy (non-hydrogen) atoms. The highest BCUT2D eigenvalue weighted by atomic mass is 16.4. The molecule has 0 aliphatic heterocycles. The number of carbonyl (C=O) groups excluding carboxylic acids is 1. The van der Waals surface area contributed by atoms with Crippen molar-refractivity contribution in [3.05, 3.63) is 29.3 Å². The summed E-state index contributed by atoms with van der Waals surface area (Å²) in [5.74, 6) is -4.18. The Labute approximate surface area is 116 Å². The van der Waals surface area contributed by atoms with E-state index in [2.05, 4.69) is 0 Å². The lowest BCUT2D eigenvalue weighted by Crippen LogP contribution is -2.47. The summed E-state index contributed by atoms with van der Waals surface area (Å²) in [7, 11) is 0. The van der Waals surface area contributed by atoms with E-state index < -0.39 is 23.9 Å². The fraction of sp³-hybridized carbons (Fsp3) is 0.357. The molecule has 0 aromatic heterocycles. The zero-order valence-electron chi connectivity index (χ0n) is 11.6. The van der Waals surface area contributed by atoms with Crippen LogP contribution in [0.4, 0.5) is 5.69 Å². The minimum Gasteiger partial charge on any atom is -0.480 e. The number of para-hydroxylation sites is 1. The minimum absolute atomic E-state index is 0.359. The molecule has 1 amide bonds.